The van der Waals surface area contributed by atoms with Crippen LogP contribution in [0, 0.1) is 11.7 Å². The molecule has 0 amide bonds. The number of aryl methyl sites for hydroxylation is 2. The Kier molecular flexibility index (Phi) is 13.4. The standard InChI is InChI=1S/C24H20F3N3O2.C24H23N3O2S/c1-30-15-28-29-23(30)22(31)18-7-11-21(12-8-18)32-14-16-3-2-4-19(13-16)17-5-9-20(10-6-17)24(25,26)27;1-16-6-8-18(9-7-16)20-5-3-4-17(14-20)15-29-21-12-10-19(11-13-21)22(28)23-25-26-24(30)27(23)2/h2-13,15,22,31H,14H2,1H3;3-14,22,28H,15H2,1-2H3,(H,26,30). The Morgan fingerprint density at radius 2 is 1.13 bits per heavy atom. The Morgan fingerprint density at radius 1 is 0.645 bits per heavy atom. The van der Waals surface area contributed by atoms with Crippen LogP contribution in [0.2, 0.25) is 0 Å². The Hall–Kier alpha value is -6.87. The third-order valence-electron chi connectivity index (χ3n) is 10.1. The number of hydrogen-bond acceptors (Lipinski definition) is 8. The quantitative estimate of drug-likeness (QED) is 0.104. The van der Waals surface area contributed by atoms with Gasteiger partial charge in [0.2, 0.25) is 0 Å². The molecular formula is C48H43F3N6O4S. The fraction of sp³-hybridized carbons (Fsp3) is 0.167. The number of benzene rings is 6. The van der Waals surface area contributed by atoms with Crippen LogP contribution in [0.3, 0.4) is 0 Å². The first-order valence-electron chi connectivity index (χ1n) is 19.5. The predicted molar refractivity (Wildman–Crippen MR) is 233 cm³/mol. The zero-order valence-corrected chi connectivity index (χ0v) is 34.8. The number of ether oxygens (including phenoxy) is 2. The zero-order valence-electron chi connectivity index (χ0n) is 34.0. The highest BCUT2D eigenvalue weighted by Gasteiger charge is 2.30. The van der Waals surface area contributed by atoms with Gasteiger partial charge in [-0.1, -0.05) is 103 Å². The number of aliphatic hydroxyl groups excluding tert-OH is 2. The van der Waals surface area contributed by atoms with E-state index in [1.165, 1.54) is 35.2 Å². The molecule has 0 bridgehead atoms. The number of aliphatic hydroxyl groups is 2. The maximum absolute atomic E-state index is 12.8. The van der Waals surface area contributed by atoms with Gasteiger partial charge in [-0.2, -0.15) is 18.3 Å². The number of aromatic nitrogens is 6. The van der Waals surface area contributed by atoms with E-state index in [2.05, 4.69) is 69.8 Å². The molecule has 0 radical (unpaired) electrons. The number of nitrogens with one attached hydrogen (secondary N) is 1. The molecule has 62 heavy (non-hydrogen) atoms. The van der Waals surface area contributed by atoms with E-state index in [1.54, 1.807) is 47.5 Å². The predicted octanol–water partition coefficient (Wildman–Crippen LogP) is 10.3. The maximum atomic E-state index is 12.8. The molecule has 2 unspecified atom stereocenters. The number of H-pyrrole nitrogens is 1. The average Bonchev–Trinajstić information content (AvgIpc) is 3.88. The molecule has 10 nitrogen and oxygen atoms in total. The third-order valence-corrected chi connectivity index (χ3v) is 10.5. The fourth-order valence-corrected chi connectivity index (χ4v) is 6.69. The van der Waals surface area contributed by atoms with Crippen molar-refractivity contribution in [2.45, 2.75) is 38.5 Å². The van der Waals surface area contributed by atoms with Crippen molar-refractivity contribution in [3.05, 3.63) is 202 Å². The van der Waals surface area contributed by atoms with Crippen LogP contribution in [-0.2, 0) is 33.5 Å². The lowest BCUT2D eigenvalue weighted by molar-refractivity contribution is -0.137. The van der Waals surface area contributed by atoms with Crippen LogP contribution in [-0.4, -0.2) is 39.7 Å². The molecule has 8 aromatic rings. The summed E-state index contributed by atoms with van der Waals surface area (Å²) in [5.74, 6) is 2.28. The summed E-state index contributed by atoms with van der Waals surface area (Å²) in [6.45, 7) is 2.85. The SMILES string of the molecule is Cc1ccc(-c2cccc(COc3ccc(C(O)c4n[nH]c(=S)n4C)cc3)c2)cc1.Cn1cnnc1C(O)c1ccc(OCc2cccc(-c3ccc(C(F)(F)F)cc3)c2)cc1. The Bertz CT molecular complexity index is 2770. The van der Waals surface area contributed by atoms with Crippen LogP contribution >= 0.6 is 12.2 Å². The Morgan fingerprint density at radius 3 is 1.56 bits per heavy atom. The van der Waals surface area contributed by atoms with Crippen LogP contribution in [0.1, 0.15) is 57.2 Å². The van der Waals surface area contributed by atoms with Crippen molar-refractivity contribution >= 4 is 12.2 Å². The number of nitrogens with zero attached hydrogens (tertiary/aromatic N) is 5. The summed E-state index contributed by atoms with van der Waals surface area (Å²) in [5.41, 5.74) is 7.80. The van der Waals surface area contributed by atoms with Gasteiger partial charge in [0.1, 0.15) is 43.2 Å². The van der Waals surface area contributed by atoms with Gasteiger partial charge in [-0.25, -0.2) is 0 Å². The van der Waals surface area contributed by atoms with Gasteiger partial charge < -0.3 is 28.8 Å². The van der Waals surface area contributed by atoms with Gasteiger partial charge in [-0.3, -0.25) is 5.10 Å². The summed E-state index contributed by atoms with van der Waals surface area (Å²) in [5, 5.41) is 35.5. The number of rotatable bonds is 12. The molecule has 0 spiro atoms. The Balaban J connectivity index is 0.000000187. The second kappa shape index (κ2) is 19.2. The highest BCUT2D eigenvalue weighted by Crippen LogP contribution is 2.32. The topological polar surface area (TPSA) is 123 Å². The zero-order chi connectivity index (χ0) is 43.8. The third kappa shape index (κ3) is 10.7. The van der Waals surface area contributed by atoms with Gasteiger partial charge in [0.25, 0.3) is 0 Å². The monoisotopic (exact) mass is 856 g/mol. The van der Waals surface area contributed by atoms with E-state index in [4.69, 9.17) is 21.7 Å². The van der Waals surface area contributed by atoms with E-state index in [9.17, 15) is 23.4 Å². The van der Waals surface area contributed by atoms with Crippen molar-refractivity contribution in [1.29, 1.82) is 0 Å². The molecule has 0 fully saturated rings. The second-order valence-electron chi connectivity index (χ2n) is 14.6. The summed E-state index contributed by atoms with van der Waals surface area (Å²) < 4.78 is 53.9. The number of halogens is 3. The molecule has 3 N–H and O–H groups in total. The highest BCUT2D eigenvalue weighted by atomic mass is 32.1. The minimum Gasteiger partial charge on any atom is -0.489 e. The first-order chi connectivity index (χ1) is 29.8. The maximum Gasteiger partial charge on any atom is 0.416 e. The number of alkyl halides is 3. The molecule has 14 heteroatoms. The smallest absolute Gasteiger partial charge is 0.416 e. The van der Waals surface area contributed by atoms with Crippen LogP contribution < -0.4 is 9.47 Å². The average molecular weight is 857 g/mol. The van der Waals surface area contributed by atoms with Crippen molar-refractivity contribution in [2.75, 3.05) is 0 Å². The molecule has 2 atom stereocenters. The van der Waals surface area contributed by atoms with Crippen LogP contribution in [0.4, 0.5) is 13.2 Å². The second-order valence-corrected chi connectivity index (χ2v) is 15.0. The molecular weight excluding hydrogens is 814 g/mol. The van der Waals surface area contributed by atoms with Gasteiger partial charge in [-0.15, -0.1) is 10.2 Å². The van der Waals surface area contributed by atoms with Crippen molar-refractivity contribution in [1.82, 2.24) is 29.5 Å². The summed E-state index contributed by atoms with van der Waals surface area (Å²) in [4.78, 5) is 0. The van der Waals surface area contributed by atoms with Crippen LogP contribution in [0.15, 0.2) is 152 Å². The molecule has 0 saturated heterocycles. The molecule has 6 aromatic carbocycles. The van der Waals surface area contributed by atoms with E-state index in [-0.39, 0.29) is 0 Å². The van der Waals surface area contributed by atoms with Gasteiger partial charge in [0, 0.05) is 14.1 Å². The van der Waals surface area contributed by atoms with Crippen molar-refractivity contribution in [3.8, 4) is 33.8 Å². The minimum absolute atomic E-state index is 0.291. The van der Waals surface area contributed by atoms with Crippen molar-refractivity contribution < 1.29 is 32.9 Å². The largest absolute Gasteiger partial charge is 0.489 e. The summed E-state index contributed by atoms with van der Waals surface area (Å²) in [7, 11) is 3.53. The minimum atomic E-state index is -4.35. The first-order valence-corrected chi connectivity index (χ1v) is 19.9. The van der Waals surface area contributed by atoms with Crippen molar-refractivity contribution in [2.24, 2.45) is 14.1 Å². The summed E-state index contributed by atoms with van der Waals surface area (Å²) in [6, 6.07) is 43.8. The Labute approximate surface area is 361 Å². The molecule has 0 aliphatic rings. The molecule has 0 aliphatic carbocycles. The lowest BCUT2D eigenvalue weighted by atomic mass is 10.0. The van der Waals surface area contributed by atoms with E-state index in [1.807, 2.05) is 54.6 Å². The molecule has 2 heterocycles. The van der Waals surface area contributed by atoms with E-state index in [0.29, 0.717) is 46.5 Å². The van der Waals surface area contributed by atoms with Gasteiger partial charge in [-0.05, 0) is 112 Å². The lowest BCUT2D eigenvalue weighted by Crippen LogP contribution is -2.07. The van der Waals surface area contributed by atoms with Crippen LogP contribution in [0.25, 0.3) is 22.3 Å². The van der Waals surface area contributed by atoms with E-state index >= 15 is 0 Å². The van der Waals surface area contributed by atoms with Gasteiger partial charge in [0.15, 0.2) is 16.4 Å². The fourth-order valence-electron chi connectivity index (χ4n) is 6.55. The molecule has 0 aliphatic heterocycles. The van der Waals surface area contributed by atoms with Crippen molar-refractivity contribution in [3.63, 3.8) is 0 Å². The van der Waals surface area contributed by atoms with E-state index < -0.39 is 23.9 Å². The number of hydrogen-bond donors (Lipinski definition) is 3. The lowest BCUT2D eigenvalue weighted by Gasteiger charge is -2.12. The number of aromatic amines is 1. The normalized spacial score (nSPS) is 12.3. The summed E-state index contributed by atoms with van der Waals surface area (Å²) >= 11 is 5.10. The highest BCUT2D eigenvalue weighted by molar-refractivity contribution is 7.71. The molecule has 316 valence electrons. The molecule has 0 saturated carbocycles. The van der Waals surface area contributed by atoms with Crippen LogP contribution in [0.5, 0.6) is 11.5 Å². The van der Waals surface area contributed by atoms with E-state index in [0.717, 1.165) is 40.1 Å². The van der Waals surface area contributed by atoms with Gasteiger partial charge in [0.05, 0.1) is 5.56 Å². The first kappa shape index (κ1) is 43.2. The van der Waals surface area contributed by atoms with Gasteiger partial charge >= 0.3 is 6.18 Å². The molecule has 2 aromatic heterocycles. The molecule has 8 rings (SSSR count). The summed E-state index contributed by atoms with van der Waals surface area (Å²) in [6.07, 6.45) is -4.58.